The van der Waals surface area contributed by atoms with Crippen molar-refractivity contribution in [3.63, 3.8) is 0 Å². The first kappa shape index (κ1) is 67.8. The summed E-state index contributed by atoms with van der Waals surface area (Å²) in [4.78, 5) is 13.3. The molecule has 3 fully saturated rings. The molecule has 19 nitrogen and oxygen atoms in total. The number of rotatable bonds is 43. The lowest BCUT2D eigenvalue weighted by Gasteiger charge is -2.48. The minimum absolute atomic E-state index is 0.249. The standard InChI is InChI=1S/C56H105NO18/c1-3-5-7-9-11-13-15-17-18-19-20-21-22-24-26-28-30-32-34-44(62)57-39(40(61)33-31-29-27-25-23-16-14-12-10-8-6-4-2)38-70-54-50(68)47(65)52(42(36-59)72-54)75-56-51(69)48(66)53(43(37-60)73-56)74-55-49(67)46(64)45(63)41(35-58)71-55/h31,33,39-43,45-56,58-61,63-69H,3-30,32,34-38H2,1-2H3,(H,57,62)/b33-31+. The number of unbranched alkanes of at least 4 members (excludes halogenated alkanes) is 27. The molecule has 17 unspecified atom stereocenters. The van der Waals surface area contributed by atoms with E-state index in [1.165, 1.54) is 135 Å². The Morgan fingerprint density at radius 3 is 1.25 bits per heavy atom. The van der Waals surface area contributed by atoms with Gasteiger partial charge in [-0.05, 0) is 19.3 Å². The fourth-order valence-electron chi connectivity index (χ4n) is 10.2. The Morgan fingerprint density at radius 1 is 0.467 bits per heavy atom. The highest BCUT2D eigenvalue weighted by Gasteiger charge is 2.53. The van der Waals surface area contributed by atoms with E-state index in [1.807, 2.05) is 6.08 Å². The van der Waals surface area contributed by atoms with Gasteiger partial charge in [-0.1, -0.05) is 193 Å². The van der Waals surface area contributed by atoms with E-state index >= 15 is 0 Å². The predicted molar refractivity (Wildman–Crippen MR) is 282 cm³/mol. The maximum atomic E-state index is 13.3. The van der Waals surface area contributed by atoms with Gasteiger partial charge in [0.2, 0.25) is 5.91 Å². The summed E-state index contributed by atoms with van der Waals surface area (Å²) < 4.78 is 34.2. The fraction of sp³-hybridized carbons (Fsp3) is 0.946. The summed E-state index contributed by atoms with van der Waals surface area (Å²) in [5.41, 5.74) is 0. The number of ether oxygens (including phenoxy) is 6. The lowest BCUT2D eigenvalue weighted by molar-refractivity contribution is -0.379. The lowest BCUT2D eigenvalue weighted by Crippen LogP contribution is -2.66. The van der Waals surface area contributed by atoms with Gasteiger partial charge in [0.25, 0.3) is 0 Å². The second kappa shape index (κ2) is 40.7. The molecule has 442 valence electrons. The molecule has 3 rings (SSSR count). The van der Waals surface area contributed by atoms with Crippen LogP contribution >= 0.6 is 0 Å². The van der Waals surface area contributed by atoms with Crippen LogP contribution in [0.25, 0.3) is 0 Å². The Morgan fingerprint density at radius 2 is 0.827 bits per heavy atom. The molecule has 3 heterocycles. The first-order valence-corrected chi connectivity index (χ1v) is 29.4. The topological polar surface area (TPSA) is 307 Å². The highest BCUT2D eigenvalue weighted by molar-refractivity contribution is 5.76. The van der Waals surface area contributed by atoms with Gasteiger partial charge in [0.1, 0.15) is 73.2 Å². The van der Waals surface area contributed by atoms with Gasteiger partial charge in [-0.15, -0.1) is 0 Å². The molecule has 19 heteroatoms. The van der Waals surface area contributed by atoms with Crippen LogP contribution in [-0.4, -0.2) is 193 Å². The van der Waals surface area contributed by atoms with Crippen LogP contribution in [0.5, 0.6) is 0 Å². The minimum Gasteiger partial charge on any atom is -0.394 e. The van der Waals surface area contributed by atoms with Gasteiger partial charge >= 0.3 is 0 Å². The number of carbonyl (C=O) groups excluding carboxylic acids is 1. The zero-order valence-electron chi connectivity index (χ0n) is 45.8. The number of nitrogens with one attached hydrogen (secondary N) is 1. The fourth-order valence-corrected chi connectivity index (χ4v) is 10.2. The molecule has 0 saturated carbocycles. The summed E-state index contributed by atoms with van der Waals surface area (Å²) in [7, 11) is 0. The van der Waals surface area contributed by atoms with Gasteiger partial charge in [-0.3, -0.25) is 4.79 Å². The maximum Gasteiger partial charge on any atom is 0.220 e. The van der Waals surface area contributed by atoms with Crippen molar-refractivity contribution in [3.8, 4) is 0 Å². The quantitative estimate of drug-likeness (QED) is 0.0293. The molecule has 0 spiro atoms. The molecular weight excluding hydrogens is 975 g/mol. The third-order valence-electron chi connectivity index (χ3n) is 15.1. The third kappa shape index (κ3) is 25.3. The molecule has 0 bridgehead atoms. The van der Waals surface area contributed by atoms with E-state index in [4.69, 9.17) is 28.4 Å². The average molecular weight is 1080 g/mol. The van der Waals surface area contributed by atoms with E-state index in [-0.39, 0.29) is 18.9 Å². The van der Waals surface area contributed by atoms with Gasteiger partial charge in [-0.25, -0.2) is 0 Å². The van der Waals surface area contributed by atoms with E-state index in [0.717, 1.165) is 44.9 Å². The van der Waals surface area contributed by atoms with Crippen molar-refractivity contribution < 1.29 is 89.4 Å². The van der Waals surface area contributed by atoms with Crippen molar-refractivity contribution in [2.75, 3.05) is 26.4 Å². The minimum atomic E-state index is -1.97. The Labute approximate surface area is 448 Å². The Balaban J connectivity index is 1.50. The summed E-state index contributed by atoms with van der Waals surface area (Å²) >= 11 is 0. The average Bonchev–Trinajstić information content (AvgIpc) is 3.41. The van der Waals surface area contributed by atoms with Crippen LogP contribution < -0.4 is 5.32 Å². The molecule has 0 aliphatic carbocycles. The van der Waals surface area contributed by atoms with Crippen molar-refractivity contribution >= 4 is 5.91 Å². The number of aliphatic hydroxyl groups is 11. The van der Waals surface area contributed by atoms with Crippen molar-refractivity contribution in [2.45, 2.75) is 311 Å². The van der Waals surface area contributed by atoms with Crippen molar-refractivity contribution in [1.29, 1.82) is 0 Å². The monoisotopic (exact) mass is 1080 g/mol. The largest absolute Gasteiger partial charge is 0.394 e. The molecule has 17 atom stereocenters. The Bertz CT molecular complexity index is 1430. The summed E-state index contributed by atoms with van der Waals surface area (Å²) in [5.74, 6) is -0.274. The highest BCUT2D eigenvalue weighted by atomic mass is 16.8. The smallest absolute Gasteiger partial charge is 0.220 e. The maximum absolute atomic E-state index is 13.3. The van der Waals surface area contributed by atoms with Crippen molar-refractivity contribution in [2.24, 2.45) is 0 Å². The number of hydrogen-bond donors (Lipinski definition) is 12. The Hall–Kier alpha value is -1.47. The lowest BCUT2D eigenvalue weighted by atomic mass is 9.96. The first-order chi connectivity index (χ1) is 36.3. The second-order valence-electron chi connectivity index (χ2n) is 21.5. The normalized spacial score (nSPS) is 31.2. The summed E-state index contributed by atoms with van der Waals surface area (Å²) in [6.07, 6.45) is 12.0. The molecule has 0 radical (unpaired) electrons. The van der Waals surface area contributed by atoms with E-state index in [2.05, 4.69) is 19.2 Å². The van der Waals surface area contributed by atoms with Crippen LogP contribution in [0.1, 0.15) is 206 Å². The van der Waals surface area contributed by atoms with Crippen LogP contribution in [0, 0.1) is 0 Å². The van der Waals surface area contributed by atoms with Crippen LogP contribution in [0.15, 0.2) is 12.2 Å². The zero-order valence-corrected chi connectivity index (χ0v) is 45.8. The van der Waals surface area contributed by atoms with Crippen LogP contribution in [0.2, 0.25) is 0 Å². The van der Waals surface area contributed by atoms with E-state index in [1.54, 1.807) is 6.08 Å². The molecular formula is C56H105NO18. The van der Waals surface area contributed by atoms with E-state index < -0.39 is 124 Å². The van der Waals surface area contributed by atoms with Gasteiger partial charge in [0.15, 0.2) is 18.9 Å². The summed E-state index contributed by atoms with van der Waals surface area (Å²) in [6.45, 7) is 1.71. The Kier molecular flexibility index (Phi) is 36.8. The molecule has 0 aromatic carbocycles. The molecule has 75 heavy (non-hydrogen) atoms. The molecule has 3 aliphatic rings. The number of aliphatic hydroxyl groups excluding tert-OH is 11. The molecule has 0 aromatic rings. The zero-order chi connectivity index (χ0) is 54.8. The predicted octanol–water partition coefficient (Wildman–Crippen LogP) is 4.60. The molecule has 1 amide bonds. The number of hydrogen-bond acceptors (Lipinski definition) is 18. The van der Waals surface area contributed by atoms with Crippen molar-refractivity contribution in [1.82, 2.24) is 5.32 Å². The number of carbonyl (C=O) groups is 1. The number of allylic oxidation sites excluding steroid dienone is 1. The first-order valence-electron chi connectivity index (χ1n) is 29.4. The van der Waals surface area contributed by atoms with E-state index in [9.17, 15) is 61.0 Å². The van der Waals surface area contributed by atoms with Crippen LogP contribution in [0.4, 0.5) is 0 Å². The molecule has 0 aromatic heterocycles. The van der Waals surface area contributed by atoms with Gasteiger partial charge in [-0.2, -0.15) is 0 Å². The van der Waals surface area contributed by atoms with Gasteiger partial charge < -0.3 is 89.9 Å². The number of amides is 1. The van der Waals surface area contributed by atoms with Crippen LogP contribution in [0.3, 0.4) is 0 Å². The summed E-state index contributed by atoms with van der Waals surface area (Å²) in [5, 5.41) is 120. The molecule has 3 aliphatic heterocycles. The van der Waals surface area contributed by atoms with Gasteiger partial charge in [0.05, 0.1) is 38.6 Å². The molecule has 3 saturated heterocycles. The van der Waals surface area contributed by atoms with E-state index in [0.29, 0.717) is 6.42 Å². The third-order valence-corrected chi connectivity index (χ3v) is 15.1. The van der Waals surface area contributed by atoms with Gasteiger partial charge in [0, 0.05) is 6.42 Å². The SMILES string of the molecule is CCCCCCCCCCCC/C=C/C(O)C(COC1OC(CO)C(OC2OC(CO)C(OC3OC(CO)C(O)C(O)C3O)C(O)C2O)C(O)C1O)NC(=O)CCCCCCCCCCCCCCCCCCCC. The highest BCUT2D eigenvalue weighted by Crippen LogP contribution is 2.33. The van der Waals surface area contributed by atoms with Crippen LogP contribution in [-0.2, 0) is 33.2 Å². The summed E-state index contributed by atoms with van der Waals surface area (Å²) in [6, 6.07) is -0.965. The van der Waals surface area contributed by atoms with Crippen molar-refractivity contribution in [3.05, 3.63) is 12.2 Å². The molecule has 12 N–H and O–H groups in total. The second-order valence-corrected chi connectivity index (χ2v) is 21.5.